The minimum absolute atomic E-state index is 0.312. The highest BCUT2D eigenvalue weighted by Crippen LogP contribution is 2.36. The van der Waals surface area contributed by atoms with Crippen LogP contribution in [0.3, 0.4) is 0 Å². The second kappa shape index (κ2) is 22.0. The molecule has 4 heterocycles. The third-order valence-electron chi connectivity index (χ3n) is 9.71. The maximum atomic E-state index is 12.8. The standard InChI is InChI=1S/C31H48N2O29S2/c1-4-5-53-28-12(32-8(2)36)21(19(10(6-34)54-28)61-63(47,48)49)56-31-18(42)16(40)23(25(60-31)27(45)46)58-29-13(33-9(3)37)22(20(11(7-35)55-29)62-64(50,51)52)57-30-17(41)14(38)15(39)24(59-30)26(43)44/h4,10-25,28-31,34-35,38-42H,1,5-7H2,2-3H3,(H,32,36)(H,33,37)(H,43,44)(H,45,46)(H,47,48,49)(H,50,51,52)/t10-,11-,12-,13-,14+,15+,16-,17-,18-,19+,20+,21-,22-,23+,24+,25+,28-,29+,30-,31-/m1/s1. The Morgan fingerprint density at radius 2 is 0.984 bits per heavy atom. The van der Waals surface area contributed by atoms with Gasteiger partial charge in [0.25, 0.3) is 0 Å². The normalized spacial score (nSPS) is 40.8. The van der Waals surface area contributed by atoms with E-state index < -0.39 is 180 Å². The first-order valence-electron chi connectivity index (χ1n) is 18.5. The average Bonchev–Trinajstić information content (AvgIpc) is 3.18. The molecule has 0 aromatic carbocycles. The zero-order chi connectivity index (χ0) is 48.2. The number of carboxylic acids is 2. The van der Waals surface area contributed by atoms with Gasteiger partial charge in [-0.3, -0.25) is 18.7 Å². The molecule has 64 heavy (non-hydrogen) atoms. The summed E-state index contributed by atoms with van der Waals surface area (Å²) >= 11 is 0. The fourth-order valence-corrected chi connectivity index (χ4v) is 8.09. The van der Waals surface area contributed by atoms with Crippen molar-refractivity contribution in [1.29, 1.82) is 0 Å². The summed E-state index contributed by atoms with van der Waals surface area (Å²) in [5.74, 6) is -5.88. The fourth-order valence-electron chi connectivity index (χ4n) is 7.06. The molecule has 2 amide bonds. The number of amides is 2. The maximum Gasteiger partial charge on any atom is 0.397 e. The number of aliphatic carboxylic acids is 2. The first-order chi connectivity index (χ1) is 29.7. The van der Waals surface area contributed by atoms with Crippen LogP contribution in [0.25, 0.3) is 0 Å². The van der Waals surface area contributed by atoms with E-state index in [1.807, 2.05) is 0 Å². The van der Waals surface area contributed by atoms with Crippen molar-refractivity contribution in [3.8, 4) is 0 Å². The summed E-state index contributed by atoms with van der Waals surface area (Å²) in [5.41, 5.74) is 0. The van der Waals surface area contributed by atoms with Gasteiger partial charge in [-0.25, -0.2) is 18.0 Å². The molecule has 0 spiro atoms. The number of carbonyl (C=O) groups excluding carboxylic acids is 2. The SMILES string of the molecule is C=CCO[C@@H]1O[C@H](CO)[C@H](OS(=O)(=O)O)[C@H](O[C@@H]2O[C@H](C(=O)O)[C@@H](O[C@@H]3O[C@H](CO)[C@H](OS(=O)(=O)O)[C@H](O[C@@H]4O[C@H](C(=O)O)[C@@H](O)[C@H](O)[C@H]4O)[C@H]3NC(C)=O)[C@H](O)[C@H]2O)[C@H]1NC(C)=O. The van der Waals surface area contributed by atoms with Crippen molar-refractivity contribution in [2.75, 3.05) is 19.8 Å². The van der Waals surface area contributed by atoms with E-state index in [1.165, 1.54) is 6.08 Å². The number of hydrogen-bond donors (Lipinski definition) is 13. The second-order valence-electron chi connectivity index (χ2n) is 14.3. The highest BCUT2D eigenvalue weighted by atomic mass is 32.3. The minimum Gasteiger partial charge on any atom is -0.479 e. The van der Waals surface area contributed by atoms with Crippen molar-refractivity contribution in [2.24, 2.45) is 0 Å². The average molecular weight is 977 g/mol. The highest BCUT2D eigenvalue weighted by Gasteiger charge is 2.59. The maximum absolute atomic E-state index is 12.8. The predicted octanol–water partition coefficient (Wildman–Crippen LogP) is -8.41. The zero-order valence-corrected chi connectivity index (χ0v) is 34.7. The van der Waals surface area contributed by atoms with Crippen LogP contribution < -0.4 is 10.6 Å². The summed E-state index contributed by atoms with van der Waals surface area (Å²) in [6.07, 6.45) is -39.7. The Balaban J connectivity index is 1.75. The summed E-state index contributed by atoms with van der Waals surface area (Å²) in [4.78, 5) is 49.4. The number of ether oxygens (including phenoxy) is 8. The molecule has 13 N–H and O–H groups in total. The molecule has 33 heteroatoms. The molecule has 31 nitrogen and oxygen atoms in total. The quantitative estimate of drug-likeness (QED) is 0.0422. The lowest BCUT2D eigenvalue weighted by atomic mass is 9.94. The monoisotopic (exact) mass is 976 g/mol. The lowest BCUT2D eigenvalue weighted by Gasteiger charge is -2.50. The van der Waals surface area contributed by atoms with Crippen LogP contribution in [0.15, 0.2) is 12.7 Å². The lowest BCUT2D eigenvalue weighted by Crippen LogP contribution is -2.71. The van der Waals surface area contributed by atoms with Crippen LogP contribution in [-0.4, -0.2) is 238 Å². The third-order valence-corrected chi connectivity index (χ3v) is 10.6. The van der Waals surface area contributed by atoms with Crippen LogP contribution in [0, 0.1) is 0 Å². The number of hydrogen-bond acceptors (Lipinski definition) is 25. The first kappa shape index (κ1) is 53.4. The van der Waals surface area contributed by atoms with Gasteiger partial charge in [-0.15, -0.1) is 6.58 Å². The molecule has 0 bridgehead atoms. The van der Waals surface area contributed by atoms with Crippen LogP contribution in [-0.2, 0) is 86.2 Å². The van der Waals surface area contributed by atoms with E-state index in [4.69, 9.17) is 37.9 Å². The molecule has 0 aliphatic carbocycles. The summed E-state index contributed by atoms with van der Waals surface area (Å²) in [6.45, 7) is 2.54. The molecule has 4 saturated heterocycles. The Morgan fingerprint density at radius 1 is 0.578 bits per heavy atom. The van der Waals surface area contributed by atoms with Crippen molar-refractivity contribution in [3.63, 3.8) is 0 Å². The number of carboxylic acid groups (broad SMARTS) is 2. The molecule has 0 aromatic rings. The van der Waals surface area contributed by atoms with Gasteiger partial charge in [0.2, 0.25) is 11.8 Å². The van der Waals surface area contributed by atoms with Crippen LogP contribution in [0.1, 0.15) is 13.8 Å². The Kier molecular flexibility index (Phi) is 18.4. The molecule has 0 unspecified atom stereocenters. The summed E-state index contributed by atoms with van der Waals surface area (Å²) in [6, 6.07) is -3.84. The number of nitrogens with one attached hydrogen (secondary N) is 2. The van der Waals surface area contributed by atoms with E-state index in [1.54, 1.807) is 0 Å². The molecule has 4 aliphatic heterocycles. The van der Waals surface area contributed by atoms with Crippen molar-refractivity contribution in [3.05, 3.63) is 12.7 Å². The summed E-state index contributed by atoms with van der Waals surface area (Å²) in [5, 5.41) is 98.6. The van der Waals surface area contributed by atoms with Gasteiger partial charge in [0.1, 0.15) is 85.3 Å². The van der Waals surface area contributed by atoms with Crippen LogP contribution in [0.2, 0.25) is 0 Å². The molecule has 20 atom stereocenters. The van der Waals surface area contributed by atoms with E-state index in [2.05, 4.69) is 25.6 Å². The van der Waals surface area contributed by atoms with E-state index in [0.29, 0.717) is 0 Å². The van der Waals surface area contributed by atoms with Gasteiger partial charge in [-0.2, -0.15) is 16.8 Å². The molecular formula is C31H48N2O29S2. The van der Waals surface area contributed by atoms with Gasteiger partial charge in [0.15, 0.2) is 37.4 Å². The molecule has 0 saturated carbocycles. The Labute approximate surface area is 361 Å². The van der Waals surface area contributed by atoms with Gasteiger partial charge < -0.3 is 94.5 Å². The van der Waals surface area contributed by atoms with Crippen molar-refractivity contribution in [1.82, 2.24) is 10.6 Å². The van der Waals surface area contributed by atoms with Gasteiger partial charge >= 0.3 is 32.7 Å². The second-order valence-corrected chi connectivity index (χ2v) is 16.4. The Hall–Kier alpha value is -3.24. The van der Waals surface area contributed by atoms with Gasteiger partial charge in [0.05, 0.1) is 19.8 Å². The van der Waals surface area contributed by atoms with E-state index in [9.17, 15) is 91.1 Å². The van der Waals surface area contributed by atoms with E-state index in [-0.39, 0.29) is 6.61 Å². The van der Waals surface area contributed by atoms with Crippen molar-refractivity contribution in [2.45, 2.75) is 137 Å². The van der Waals surface area contributed by atoms with E-state index >= 15 is 0 Å². The van der Waals surface area contributed by atoms with Crippen LogP contribution in [0.4, 0.5) is 0 Å². The van der Waals surface area contributed by atoms with Crippen molar-refractivity contribution < 1.29 is 137 Å². The largest absolute Gasteiger partial charge is 0.479 e. The van der Waals surface area contributed by atoms with Gasteiger partial charge in [0, 0.05) is 13.8 Å². The van der Waals surface area contributed by atoms with Crippen LogP contribution in [0.5, 0.6) is 0 Å². The van der Waals surface area contributed by atoms with Crippen molar-refractivity contribution >= 4 is 44.6 Å². The fraction of sp³-hybridized carbons (Fsp3) is 0.806. The van der Waals surface area contributed by atoms with E-state index in [0.717, 1.165) is 13.8 Å². The first-order valence-corrected chi connectivity index (χ1v) is 21.2. The predicted molar refractivity (Wildman–Crippen MR) is 193 cm³/mol. The molecule has 0 radical (unpaired) electrons. The van der Waals surface area contributed by atoms with Gasteiger partial charge in [-0.05, 0) is 0 Å². The van der Waals surface area contributed by atoms with Crippen LogP contribution >= 0.6 is 0 Å². The smallest absolute Gasteiger partial charge is 0.397 e. The lowest BCUT2D eigenvalue weighted by molar-refractivity contribution is -0.367. The molecular weight excluding hydrogens is 928 g/mol. The minimum atomic E-state index is -5.60. The molecule has 4 rings (SSSR count). The Morgan fingerprint density at radius 3 is 1.39 bits per heavy atom. The Bertz CT molecular complexity index is 1880. The number of carbonyl (C=O) groups is 4. The summed E-state index contributed by atoms with van der Waals surface area (Å²) in [7, 11) is -11.1. The van der Waals surface area contributed by atoms with Gasteiger partial charge in [-0.1, -0.05) is 6.08 Å². The summed E-state index contributed by atoms with van der Waals surface area (Å²) < 4.78 is 121. The molecule has 0 aromatic heterocycles. The molecule has 4 aliphatic rings. The third kappa shape index (κ3) is 13.0. The highest BCUT2D eigenvalue weighted by molar-refractivity contribution is 7.81. The topological polar surface area (TPSA) is 475 Å². The molecule has 368 valence electrons. The zero-order valence-electron chi connectivity index (χ0n) is 33.0. The molecule has 4 fully saturated rings. The number of aliphatic hydroxyl groups excluding tert-OH is 7. The number of aliphatic hydroxyl groups is 7. The number of rotatable bonds is 19.